The molecule has 0 aromatic carbocycles. The van der Waals surface area contributed by atoms with Crippen molar-refractivity contribution < 1.29 is 49.2 Å². The van der Waals surface area contributed by atoms with Crippen LogP contribution in [0.3, 0.4) is 0 Å². The number of thioether (sulfide) groups is 1. The first kappa shape index (κ1) is 31.0. The van der Waals surface area contributed by atoms with Gasteiger partial charge in [0.2, 0.25) is 23.6 Å². The van der Waals surface area contributed by atoms with Gasteiger partial charge in [-0.1, -0.05) is 0 Å². The van der Waals surface area contributed by atoms with Gasteiger partial charge in [-0.2, -0.15) is 11.8 Å². The van der Waals surface area contributed by atoms with Crippen molar-refractivity contribution in [3.63, 3.8) is 0 Å². The van der Waals surface area contributed by atoms with Gasteiger partial charge in [0.05, 0.1) is 6.04 Å². The highest BCUT2D eigenvalue weighted by Gasteiger charge is 2.26. The van der Waals surface area contributed by atoms with Crippen LogP contribution in [0.2, 0.25) is 0 Å². The second-order valence-electron chi connectivity index (χ2n) is 7.21. The molecule has 0 aliphatic heterocycles. The van der Waals surface area contributed by atoms with E-state index in [0.29, 0.717) is 0 Å². The van der Waals surface area contributed by atoms with E-state index in [2.05, 4.69) is 21.3 Å². The van der Waals surface area contributed by atoms with E-state index in [1.54, 1.807) is 0 Å². The number of nitrogens with one attached hydrogen (secondary N) is 4. The van der Waals surface area contributed by atoms with Gasteiger partial charge in [0.1, 0.15) is 24.7 Å². The Morgan fingerprint density at radius 2 is 1.53 bits per heavy atom. The number of aliphatic carboxylic acids is 2. The van der Waals surface area contributed by atoms with Crippen LogP contribution in [0.1, 0.15) is 26.7 Å². The summed E-state index contributed by atoms with van der Waals surface area (Å²) in [5.41, 5.74) is 5.48. The molecule has 0 radical (unpaired) electrons. The number of carboxylic acids is 2. The highest BCUT2D eigenvalue weighted by molar-refractivity contribution is 7.99. The van der Waals surface area contributed by atoms with Crippen LogP contribution in [-0.4, -0.2) is 105 Å². The maximum Gasteiger partial charge on any atom is 0.326 e. The summed E-state index contributed by atoms with van der Waals surface area (Å²) in [6.07, 6.45) is -2.54. The lowest BCUT2D eigenvalue weighted by Crippen LogP contribution is -2.51. The molecule has 15 nitrogen and oxygen atoms in total. The first-order valence-corrected chi connectivity index (χ1v) is 11.2. The van der Waals surface area contributed by atoms with Gasteiger partial charge in [-0.3, -0.25) is 24.0 Å². The van der Waals surface area contributed by atoms with E-state index in [0.717, 1.165) is 11.8 Å². The quantitative estimate of drug-likeness (QED) is 0.0900. The van der Waals surface area contributed by atoms with Gasteiger partial charge >= 0.3 is 11.9 Å². The summed E-state index contributed by atoms with van der Waals surface area (Å²) < 4.78 is 0. The van der Waals surface area contributed by atoms with Crippen LogP contribution in [0.25, 0.3) is 0 Å². The molecule has 0 spiro atoms. The van der Waals surface area contributed by atoms with Gasteiger partial charge in [-0.25, -0.2) is 4.79 Å². The SMILES string of the molecule is CC(=O)N[C@@H](C)C(=O)N[C@H](CCC(=O)N[C@H](CSC[C@H](N)C(O)O)C(=O)NCC(=O)O)C(=O)O. The summed E-state index contributed by atoms with van der Waals surface area (Å²) in [5, 5.41) is 44.9. The molecule has 0 bridgehead atoms. The summed E-state index contributed by atoms with van der Waals surface area (Å²) in [6, 6.07) is -4.70. The number of nitrogens with two attached hydrogens (primary N) is 1. The Balaban J connectivity index is 4.98. The molecule has 16 heteroatoms. The van der Waals surface area contributed by atoms with Crippen LogP contribution in [0, 0.1) is 0 Å². The smallest absolute Gasteiger partial charge is 0.326 e. The second kappa shape index (κ2) is 15.8. The van der Waals surface area contributed by atoms with Gasteiger partial charge in [0.25, 0.3) is 0 Å². The van der Waals surface area contributed by atoms with Crippen LogP contribution >= 0.6 is 11.8 Å². The number of aliphatic hydroxyl groups excluding tert-OH is 1. The standard InChI is InChI=1S/C18H31N5O10S/c1-8(21-9(2)24)15(28)23-11(18(32)33)3-4-13(25)22-12(16(29)20-5-14(26)27)7-34-6-10(19)17(30)31/h8,10-12,17,30-31H,3-7,19H2,1-2H3,(H,20,29)(H,21,24)(H,22,25)(H,23,28)(H,26,27)(H,32,33)/t8-,10-,11+,12+/m0/s1. The van der Waals surface area contributed by atoms with E-state index in [1.807, 2.05) is 0 Å². The van der Waals surface area contributed by atoms with Crippen molar-refractivity contribution in [3.05, 3.63) is 0 Å². The van der Waals surface area contributed by atoms with E-state index in [4.69, 9.17) is 21.1 Å². The molecule has 34 heavy (non-hydrogen) atoms. The molecule has 0 saturated carbocycles. The summed E-state index contributed by atoms with van der Waals surface area (Å²) >= 11 is 0.994. The minimum atomic E-state index is -1.79. The fourth-order valence-electron chi connectivity index (χ4n) is 2.34. The monoisotopic (exact) mass is 509 g/mol. The normalized spacial score (nSPS) is 14.3. The first-order valence-electron chi connectivity index (χ1n) is 10.0. The number of aliphatic hydroxyl groups is 2. The van der Waals surface area contributed by atoms with Crippen molar-refractivity contribution in [2.45, 2.75) is 57.1 Å². The van der Waals surface area contributed by atoms with Gasteiger partial charge in [0.15, 0.2) is 6.29 Å². The summed E-state index contributed by atoms with van der Waals surface area (Å²) in [5.74, 6) is -5.65. The fraction of sp³-hybridized carbons (Fsp3) is 0.667. The summed E-state index contributed by atoms with van der Waals surface area (Å²) in [6.45, 7) is 1.83. The maximum absolute atomic E-state index is 12.3. The molecule has 10 N–H and O–H groups in total. The molecule has 0 heterocycles. The van der Waals surface area contributed by atoms with Crippen molar-refractivity contribution >= 4 is 47.3 Å². The molecule has 0 rings (SSSR count). The van der Waals surface area contributed by atoms with Gasteiger partial charge in [-0.15, -0.1) is 0 Å². The number of carbonyl (C=O) groups excluding carboxylic acids is 4. The van der Waals surface area contributed by atoms with E-state index in [-0.39, 0.29) is 17.9 Å². The average molecular weight is 510 g/mol. The molecule has 0 aromatic rings. The van der Waals surface area contributed by atoms with Crippen LogP contribution in [0.4, 0.5) is 0 Å². The lowest BCUT2D eigenvalue weighted by Gasteiger charge is -2.21. The highest BCUT2D eigenvalue weighted by atomic mass is 32.2. The number of carbonyl (C=O) groups is 6. The zero-order valence-electron chi connectivity index (χ0n) is 18.6. The number of rotatable bonds is 16. The third-order valence-corrected chi connectivity index (χ3v) is 5.32. The number of amides is 4. The molecule has 0 aliphatic rings. The number of hydrogen-bond donors (Lipinski definition) is 9. The number of carboxylic acid groups (broad SMARTS) is 2. The van der Waals surface area contributed by atoms with Gasteiger partial charge < -0.3 is 47.4 Å². The van der Waals surface area contributed by atoms with E-state index < -0.39 is 79.0 Å². The van der Waals surface area contributed by atoms with E-state index in [9.17, 15) is 33.9 Å². The molecule has 194 valence electrons. The average Bonchev–Trinajstić information content (AvgIpc) is 2.72. The Hall–Kier alpha value is -2.95. The Morgan fingerprint density at radius 3 is 2.03 bits per heavy atom. The molecule has 0 aromatic heterocycles. The third kappa shape index (κ3) is 13.6. The van der Waals surface area contributed by atoms with Crippen molar-refractivity contribution in [2.24, 2.45) is 5.73 Å². The molecule has 0 fully saturated rings. The second-order valence-corrected chi connectivity index (χ2v) is 8.28. The number of hydrogen-bond acceptors (Lipinski definition) is 10. The zero-order valence-corrected chi connectivity index (χ0v) is 19.5. The summed E-state index contributed by atoms with van der Waals surface area (Å²) in [4.78, 5) is 69.7. The predicted molar refractivity (Wildman–Crippen MR) is 118 cm³/mol. The van der Waals surface area contributed by atoms with Gasteiger partial charge in [-0.05, 0) is 13.3 Å². The van der Waals surface area contributed by atoms with Crippen LogP contribution in [0.15, 0.2) is 0 Å². The topological polar surface area (TPSA) is 257 Å². The van der Waals surface area contributed by atoms with E-state index in [1.165, 1.54) is 13.8 Å². The van der Waals surface area contributed by atoms with Gasteiger partial charge in [0, 0.05) is 24.9 Å². The van der Waals surface area contributed by atoms with Crippen LogP contribution in [-0.2, 0) is 28.8 Å². The molecular formula is C18H31N5O10S. The molecule has 4 atom stereocenters. The molecule has 4 amide bonds. The summed E-state index contributed by atoms with van der Waals surface area (Å²) in [7, 11) is 0. The minimum Gasteiger partial charge on any atom is -0.480 e. The van der Waals surface area contributed by atoms with Crippen molar-refractivity contribution in [1.82, 2.24) is 21.3 Å². The Morgan fingerprint density at radius 1 is 0.912 bits per heavy atom. The molecular weight excluding hydrogens is 478 g/mol. The highest BCUT2D eigenvalue weighted by Crippen LogP contribution is 2.08. The van der Waals surface area contributed by atoms with Crippen LogP contribution < -0.4 is 27.0 Å². The maximum atomic E-state index is 12.3. The van der Waals surface area contributed by atoms with Crippen molar-refractivity contribution in [2.75, 3.05) is 18.1 Å². The van der Waals surface area contributed by atoms with Crippen molar-refractivity contribution in [3.8, 4) is 0 Å². The Bertz CT molecular complexity index is 751. The molecule has 0 aliphatic carbocycles. The Kier molecular flexibility index (Phi) is 14.4. The lowest BCUT2D eigenvalue weighted by atomic mass is 10.1. The van der Waals surface area contributed by atoms with Crippen LogP contribution in [0.5, 0.6) is 0 Å². The molecule has 0 unspecified atom stereocenters. The minimum absolute atomic E-state index is 0.00977. The lowest BCUT2D eigenvalue weighted by molar-refractivity contribution is -0.142. The fourth-order valence-corrected chi connectivity index (χ4v) is 3.39. The molecule has 0 saturated heterocycles. The van der Waals surface area contributed by atoms with Crippen molar-refractivity contribution in [1.29, 1.82) is 0 Å². The predicted octanol–water partition coefficient (Wildman–Crippen LogP) is -4.08. The Labute approximate surface area is 199 Å². The zero-order chi connectivity index (χ0) is 26.4. The van der Waals surface area contributed by atoms with E-state index >= 15 is 0 Å². The largest absolute Gasteiger partial charge is 0.480 e. The third-order valence-electron chi connectivity index (χ3n) is 4.13. The first-order chi connectivity index (χ1) is 15.7.